The van der Waals surface area contributed by atoms with Crippen LogP contribution in [-0.4, -0.2) is 27.5 Å². The Hall–Kier alpha value is -1.60. The van der Waals surface area contributed by atoms with Crippen LogP contribution in [0.5, 0.6) is 5.75 Å². The van der Waals surface area contributed by atoms with E-state index < -0.39 is 16.0 Å². The third kappa shape index (κ3) is 3.59. The predicted molar refractivity (Wildman–Crippen MR) is 79.1 cm³/mol. The molecule has 1 N–H and O–H groups in total. The number of carboxylic acids is 1. The van der Waals surface area contributed by atoms with Crippen molar-refractivity contribution in [1.29, 1.82) is 0 Å². The molecule has 2 atom stereocenters. The summed E-state index contributed by atoms with van der Waals surface area (Å²) in [7, 11) is -2.51. The minimum absolute atomic E-state index is 0.112. The lowest BCUT2D eigenvalue weighted by Gasteiger charge is -2.29. The molecule has 0 saturated heterocycles. The van der Waals surface area contributed by atoms with E-state index in [4.69, 9.17) is 4.74 Å². The van der Waals surface area contributed by atoms with E-state index in [2.05, 4.69) is 4.72 Å². The standard InChI is InChI=1S/C15H21NO5S/c1-10-5-3-4-6-12(10)16-22(19,20)14-9-11(15(17)18)7-8-13(14)21-2/h7-10,12,16H,3-6H2,1-2H3,(H,17,18)/p-1/t10-,12-/m0/s1. The number of rotatable bonds is 5. The van der Waals surface area contributed by atoms with Gasteiger partial charge in [0.1, 0.15) is 10.6 Å². The summed E-state index contributed by atoms with van der Waals surface area (Å²) in [5.41, 5.74) is -0.196. The summed E-state index contributed by atoms with van der Waals surface area (Å²) in [6.07, 6.45) is 3.84. The molecular formula is C15H20NO5S-. The highest BCUT2D eigenvalue weighted by molar-refractivity contribution is 7.89. The third-order valence-corrected chi connectivity index (χ3v) is 5.62. The first kappa shape index (κ1) is 16.8. The van der Waals surface area contributed by atoms with Crippen LogP contribution in [-0.2, 0) is 10.0 Å². The number of ether oxygens (including phenoxy) is 1. The molecule has 22 heavy (non-hydrogen) atoms. The first-order valence-corrected chi connectivity index (χ1v) is 8.75. The fraction of sp³-hybridized carbons (Fsp3) is 0.533. The van der Waals surface area contributed by atoms with E-state index in [1.54, 1.807) is 0 Å². The van der Waals surface area contributed by atoms with Crippen molar-refractivity contribution < 1.29 is 23.1 Å². The van der Waals surface area contributed by atoms with Gasteiger partial charge >= 0.3 is 0 Å². The molecule has 0 amide bonds. The Morgan fingerprint density at radius 3 is 2.59 bits per heavy atom. The highest BCUT2D eigenvalue weighted by Gasteiger charge is 2.28. The SMILES string of the molecule is COc1ccc(C(=O)[O-])cc1S(=O)(=O)N[C@H]1CCCC[C@@H]1C. The second-order valence-electron chi connectivity index (χ2n) is 5.64. The number of carboxylic acid groups (broad SMARTS) is 1. The molecule has 0 radical (unpaired) electrons. The molecule has 1 aliphatic rings. The van der Waals surface area contributed by atoms with E-state index >= 15 is 0 Å². The van der Waals surface area contributed by atoms with E-state index in [0.29, 0.717) is 0 Å². The molecule has 1 aromatic carbocycles. The molecule has 1 aromatic rings. The van der Waals surface area contributed by atoms with E-state index in [1.165, 1.54) is 19.2 Å². The van der Waals surface area contributed by atoms with Gasteiger partial charge in [-0.1, -0.05) is 19.8 Å². The highest BCUT2D eigenvalue weighted by Crippen LogP contribution is 2.28. The molecule has 0 aromatic heterocycles. The average molecular weight is 326 g/mol. The van der Waals surface area contributed by atoms with Gasteiger partial charge in [-0.3, -0.25) is 0 Å². The zero-order valence-electron chi connectivity index (χ0n) is 12.7. The van der Waals surface area contributed by atoms with E-state index in [-0.39, 0.29) is 28.2 Å². The number of aromatic carboxylic acids is 1. The number of carbonyl (C=O) groups is 1. The van der Waals surface area contributed by atoms with Crippen LogP contribution in [0.15, 0.2) is 23.1 Å². The molecule has 1 aliphatic carbocycles. The molecule has 0 aliphatic heterocycles. The summed E-state index contributed by atoms with van der Waals surface area (Å²) in [4.78, 5) is 10.8. The Balaban J connectivity index is 2.35. The zero-order chi connectivity index (χ0) is 16.3. The Bertz CT molecular complexity index is 656. The van der Waals surface area contributed by atoms with Crippen molar-refractivity contribution in [2.45, 2.75) is 43.5 Å². The number of methoxy groups -OCH3 is 1. The lowest BCUT2D eigenvalue weighted by atomic mass is 9.87. The molecule has 2 rings (SSSR count). The lowest BCUT2D eigenvalue weighted by Crippen LogP contribution is -2.41. The van der Waals surface area contributed by atoms with Gasteiger partial charge in [0.05, 0.1) is 13.1 Å². The van der Waals surface area contributed by atoms with Gasteiger partial charge in [-0.25, -0.2) is 13.1 Å². The fourth-order valence-electron chi connectivity index (χ4n) is 2.77. The number of carbonyl (C=O) groups excluding carboxylic acids is 1. The normalized spacial score (nSPS) is 22.3. The summed E-state index contributed by atoms with van der Waals surface area (Å²) in [6.45, 7) is 2.02. The van der Waals surface area contributed by atoms with Gasteiger partial charge in [0.15, 0.2) is 0 Å². The minimum atomic E-state index is -3.86. The van der Waals surface area contributed by atoms with Crippen LogP contribution in [0, 0.1) is 5.92 Å². The Morgan fingerprint density at radius 2 is 2.00 bits per heavy atom. The summed E-state index contributed by atoms with van der Waals surface area (Å²) in [6, 6.07) is 3.51. The third-order valence-electron chi connectivity index (χ3n) is 4.11. The van der Waals surface area contributed by atoms with Crippen LogP contribution in [0.25, 0.3) is 0 Å². The van der Waals surface area contributed by atoms with Crippen LogP contribution in [0.1, 0.15) is 43.0 Å². The Kier molecular flexibility index (Phi) is 5.08. The molecule has 6 nitrogen and oxygen atoms in total. The van der Waals surface area contributed by atoms with Crippen LogP contribution >= 0.6 is 0 Å². The molecule has 0 spiro atoms. The largest absolute Gasteiger partial charge is 0.545 e. The molecule has 7 heteroatoms. The van der Waals surface area contributed by atoms with Gasteiger partial charge in [-0.2, -0.15) is 0 Å². The van der Waals surface area contributed by atoms with Crippen LogP contribution in [0.4, 0.5) is 0 Å². The first-order chi connectivity index (χ1) is 10.3. The topological polar surface area (TPSA) is 95.5 Å². The molecule has 0 bridgehead atoms. The summed E-state index contributed by atoms with van der Waals surface area (Å²) >= 11 is 0. The van der Waals surface area contributed by atoms with E-state index in [1.807, 2.05) is 6.92 Å². The number of sulfonamides is 1. The monoisotopic (exact) mass is 326 g/mol. The highest BCUT2D eigenvalue weighted by atomic mass is 32.2. The summed E-state index contributed by atoms with van der Waals surface area (Å²) < 4.78 is 32.9. The van der Waals surface area contributed by atoms with Crippen molar-refractivity contribution in [2.24, 2.45) is 5.92 Å². The minimum Gasteiger partial charge on any atom is -0.545 e. The predicted octanol–water partition coefficient (Wildman–Crippen LogP) is 0.916. The van der Waals surface area contributed by atoms with Crippen LogP contribution in [0.2, 0.25) is 0 Å². The lowest BCUT2D eigenvalue weighted by molar-refractivity contribution is -0.255. The smallest absolute Gasteiger partial charge is 0.244 e. The van der Waals surface area contributed by atoms with Gasteiger partial charge in [0.2, 0.25) is 10.0 Å². The van der Waals surface area contributed by atoms with Gasteiger partial charge < -0.3 is 14.6 Å². The number of benzene rings is 1. The quantitative estimate of drug-likeness (QED) is 0.868. The molecular weight excluding hydrogens is 306 g/mol. The molecule has 1 saturated carbocycles. The number of hydrogen-bond donors (Lipinski definition) is 1. The maximum atomic E-state index is 12.6. The Labute approximate surface area is 130 Å². The van der Waals surface area contributed by atoms with Gasteiger partial charge in [-0.15, -0.1) is 0 Å². The zero-order valence-corrected chi connectivity index (χ0v) is 13.5. The van der Waals surface area contributed by atoms with Crippen molar-refractivity contribution >= 4 is 16.0 Å². The second-order valence-corrected chi connectivity index (χ2v) is 7.33. The number of hydrogen-bond acceptors (Lipinski definition) is 5. The van der Waals surface area contributed by atoms with Crippen molar-refractivity contribution in [3.8, 4) is 5.75 Å². The van der Waals surface area contributed by atoms with E-state index in [0.717, 1.165) is 31.7 Å². The summed E-state index contributed by atoms with van der Waals surface area (Å²) in [5, 5.41) is 11.0. The molecule has 0 unspecified atom stereocenters. The molecule has 122 valence electrons. The van der Waals surface area contributed by atoms with Crippen LogP contribution in [0.3, 0.4) is 0 Å². The first-order valence-electron chi connectivity index (χ1n) is 7.27. The van der Waals surface area contributed by atoms with Crippen molar-refractivity contribution in [1.82, 2.24) is 4.72 Å². The van der Waals surface area contributed by atoms with Crippen LogP contribution < -0.4 is 14.6 Å². The van der Waals surface area contributed by atoms with Crippen molar-refractivity contribution in [3.63, 3.8) is 0 Å². The fourth-order valence-corrected chi connectivity index (χ4v) is 4.34. The molecule has 1 fully saturated rings. The maximum Gasteiger partial charge on any atom is 0.244 e. The van der Waals surface area contributed by atoms with Crippen molar-refractivity contribution in [3.05, 3.63) is 23.8 Å². The Morgan fingerprint density at radius 1 is 1.32 bits per heavy atom. The summed E-state index contributed by atoms with van der Waals surface area (Å²) in [5.74, 6) is -1.06. The van der Waals surface area contributed by atoms with E-state index in [9.17, 15) is 18.3 Å². The van der Waals surface area contributed by atoms with Gasteiger partial charge in [-0.05, 0) is 42.5 Å². The van der Waals surface area contributed by atoms with Gasteiger partial charge in [0, 0.05) is 6.04 Å². The number of nitrogens with one attached hydrogen (secondary N) is 1. The maximum absolute atomic E-state index is 12.6. The second kappa shape index (κ2) is 6.66. The molecule has 0 heterocycles. The van der Waals surface area contributed by atoms with Gasteiger partial charge in [0.25, 0.3) is 0 Å². The van der Waals surface area contributed by atoms with Crippen molar-refractivity contribution in [2.75, 3.05) is 7.11 Å². The average Bonchev–Trinajstić information content (AvgIpc) is 2.48.